The molecule has 2 aromatic carbocycles. The van der Waals surface area contributed by atoms with Crippen LogP contribution in [0, 0.1) is 11.6 Å². The van der Waals surface area contributed by atoms with E-state index in [9.17, 15) is 8.78 Å². The average Bonchev–Trinajstić information content (AvgIpc) is 2.27. The van der Waals surface area contributed by atoms with Crippen LogP contribution in [0.2, 0.25) is 0 Å². The standard InChI is InChI=1S/C14H13F2NO/c1-9(17)10-3-2-4-13(5-10)18-14-7-11(15)6-12(16)8-14/h2-9H,17H2,1H3. The maximum absolute atomic E-state index is 13.0. The van der Waals surface area contributed by atoms with Gasteiger partial charge in [0.05, 0.1) is 0 Å². The van der Waals surface area contributed by atoms with Crippen molar-refractivity contribution in [3.8, 4) is 11.5 Å². The molecule has 94 valence electrons. The first-order chi connectivity index (χ1) is 8.54. The van der Waals surface area contributed by atoms with E-state index in [1.54, 1.807) is 18.2 Å². The normalized spacial score (nSPS) is 12.2. The van der Waals surface area contributed by atoms with E-state index in [0.717, 1.165) is 23.8 Å². The van der Waals surface area contributed by atoms with Crippen molar-refractivity contribution in [2.75, 3.05) is 0 Å². The molecule has 0 saturated carbocycles. The van der Waals surface area contributed by atoms with E-state index in [0.29, 0.717) is 5.75 Å². The fourth-order valence-electron chi connectivity index (χ4n) is 1.58. The van der Waals surface area contributed by atoms with Crippen LogP contribution in [-0.4, -0.2) is 0 Å². The summed E-state index contributed by atoms with van der Waals surface area (Å²) in [6, 6.07) is 10.0. The Morgan fingerprint density at radius 1 is 1.00 bits per heavy atom. The second-order valence-electron chi connectivity index (χ2n) is 4.07. The molecule has 0 aromatic heterocycles. The van der Waals surface area contributed by atoms with Crippen LogP contribution in [0.4, 0.5) is 8.78 Å². The fourth-order valence-corrected chi connectivity index (χ4v) is 1.58. The summed E-state index contributed by atoms with van der Waals surface area (Å²) in [5.41, 5.74) is 6.64. The predicted molar refractivity (Wildman–Crippen MR) is 65.5 cm³/mol. The van der Waals surface area contributed by atoms with E-state index in [1.807, 2.05) is 13.0 Å². The lowest BCUT2D eigenvalue weighted by molar-refractivity contribution is 0.467. The summed E-state index contributed by atoms with van der Waals surface area (Å²) in [5.74, 6) is -0.731. The molecule has 2 nitrogen and oxygen atoms in total. The van der Waals surface area contributed by atoms with Gasteiger partial charge in [0, 0.05) is 24.2 Å². The summed E-state index contributed by atoms with van der Waals surface area (Å²) in [7, 11) is 0. The number of halogens is 2. The topological polar surface area (TPSA) is 35.2 Å². The first kappa shape index (κ1) is 12.5. The quantitative estimate of drug-likeness (QED) is 0.898. The van der Waals surface area contributed by atoms with Gasteiger partial charge in [-0.1, -0.05) is 12.1 Å². The van der Waals surface area contributed by atoms with E-state index in [4.69, 9.17) is 10.5 Å². The highest BCUT2D eigenvalue weighted by atomic mass is 19.1. The summed E-state index contributed by atoms with van der Waals surface area (Å²) >= 11 is 0. The Balaban J connectivity index is 2.25. The first-order valence-electron chi connectivity index (χ1n) is 5.54. The number of ether oxygens (including phenoxy) is 1. The van der Waals surface area contributed by atoms with Crippen LogP contribution in [0.5, 0.6) is 11.5 Å². The highest BCUT2D eigenvalue weighted by molar-refractivity contribution is 5.35. The van der Waals surface area contributed by atoms with Crippen molar-refractivity contribution >= 4 is 0 Å². The Hall–Kier alpha value is -1.94. The van der Waals surface area contributed by atoms with E-state index < -0.39 is 11.6 Å². The van der Waals surface area contributed by atoms with Crippen LogP contribution in [0.3, 0.4) is 0 Å². The Kier molecular flexibility index (Phi) is 3.58. The predicted octanol–water partition coefficient (Wildman–Crippen LogP) is 3.78. The lowest BCUT2D eigenvalue weighted by Gasteiger charge is -2.09. The Labute approximate surface area is 104 Å². The Morgan fingerprint density at radius 2 is 1.67 bits per heavy atom. The molecular formula is C14H13F2NO. The van der Waals surface area contributed by atoms with Gasteiger partial charge in [-0.15, -0.1) is 0 Å². The summed E-state index contributed by atoms with van der Waals surface area (Å²) in [4.78, 5) is 0. The number of nitrogens with two attached hydrogens (primary N) is 1. The van der Waals surface area contributed by atoms with Gasteiger partial charge < -0.3 is 10.5 Å². The van der Waals surface area contributed by atoms with E-state index in [2.05, 4.69) is 0 Å². The monoisotopic (exact) mass is 249 g/mol. The summed E-state index contributed by atoms with van der Waals surface area (Å²) in [6.07, 6.45) is 0. The molecule has 0 amide bonds. The van der Waals surface area contributed by atoms with Gasteiger partial charge in [-0.3, -0.25) is 0 Å². The molecule has 2 rings (SSSR count). The van der Waals surface area contributed by atoms with Gasteiger partial charge in [0.1, 0.15) is 23.1 Å². The van der Waals surface area contributed by atoms with Crippen molar-refractivity contribution in [2.24, 2.45) is 5.73 Å². The Bertz CT molecular complexity index is 535. The molecule has 18 heavy (non-hydrogen) atoms. The lowest BCUT2D eigenvalue weighted by atomic mass is 10.1. The van der Waals surface area contributed by atoms with E-state index in [-0.39, 0.29) is 11.8 Å². The number of hydrogen-bond donors (Lipinski definition) is 1. The van der Waals surface area contributed by atoms with E-state index >= 15 is 0 Å². The maximum Gasteiger partial charge on any atom is 0.133 e. The third kappa shape index (κ3) is 3.05. The molecule has 0 spiro atoms. The second kappa shape index (κ2) is 5.14. The summed E-state index contributed by atoms with van der Waals surface area (Å²) in [6.45, 7) is 1.85. The van der Waals surface area contributed by atoms with Crippen molar-refractivity contribution in [1.29, 1.82) is 0 Å². The average molecular weight is 249 g/mol. The van der Waals surface area contributed by atoms with Crippen LogP contribution in [-0.2, 0) is 0 Å². The minimum Gasteiger partial charge on any atom is -0.457 e. The SMILES string of the molecule is CC(N)c1cccc(Oc2cc(F)cc(F)c2)c1. The number of benzene rings is 2. The minimum absolute atomic E-state index is 0.120. The fraction of sp³-hybridized carbons (Fsp3) is 0.143. The number of rotatable bonds is 3. The van der Waals surface area contributed by atoms with Crippen LogP contribution >= 0.6 is 0 Å². The van der Waals surface area contributed by atoms with Gasteiger partial charge >= 0.3 is 0 Å². The van der Waals surface area contributed by atoms with Crippen molar-refractivity contribution in [3.05, 3.63) is 59.7 Å². The third-order valence-electron chi connectivity index (χ3n) is 2.46. The van der Waals surface area contributed by atoms with Crippen LogP contribution in [0.15, 0.2) is 42.5 Å². The molecule has 2 aromatic rings. The van der Waals surface area contributed by atoms with E-state index in [1.165, 1.54) is 0 Å². The molecule has 4 heteroatoms. The number of hydrogen-bond acceptors (Lipinski definition) is 2. The third-order valence-corrected chi connectivity index (χ3v) is 2.46. The highest BCUT2D eigenvalue weighted by Gasteiger charge is 2.05. The maximum atomic E-state index is 13.0. The Morgan fingerprint density at radius 3 is 2.28 bits per heavy atom. The molecule has 1 unspecified atom stereocenters. The van der Waals surface area contributed by atoms with Crippen molar-refractivity contribution in [3.63, 3.8) is 0 Å². The van der Waals surface area contributed by atoms with Gasteiger partial charge in [-0.05, 0) is 24.6 Å². The molecule has 2 N–H and O–H groups in total. The van der Waals surface area contributed by atoms with Crippen molar-refractivity contribution < 1.29 is 13.5 Å². The molecule has 1 atom stereocenters. The minimum atomic E-state index is -0.673. The van der Waals surface area contributed by atoms with Gasteiger partial charge in [0.15, 0.2) is 0 Å². The second-order valence-corrected chi connectivity index (χ2v) is 4.07. The van der Waals surface area contributed by atoms with Gasteiger partial charge in [-0.25, -0.2) is 8.78 Å². The van der Waals surface area contributed by atoms with Crippen molar-refractivity contribution in [2.45, 2.75) is 13.0 Å². The molecule has 0 fully saturated rings. The zero-order valence-corrected chi connectivity index (χ0v) is 9.86. The molecule has 0 aliphatic heterocycles. The lowest BCUT2D eigenvalue weighted by Crippen LogP contribution is -2.04. The summed E-state index contributed by atoms with van der Waals surface area (Å²) in [5, 5.41) is 0. The molecule has 0 saturated heterocycles. The molecule has 0 bridgehead atoms. The van der Waals surface area contributed by atoms with Gasteiger partial charge in [0.25, 0.3) is 0 Å². The van der Waals surface area contributed by atoms with Crippen molar-refractivity contribution in [1.82, 2.24) is 0 Å². The van der Waals surface area contributed by atoms with Crippen LogP contribution < -0.4 is 10.5 Å². The van der Waals surface area contributed by atoms with Crippen LogP contribution in [0.25, 0.3) is 0 Å². The first-order valence-corrected chi connectivity index (χ1v) is 5.54. The molecule has 0 radical (unpaired) electrons. The molecular weight excluding hydrogens is 236 g/mol. The van der Waals surface area contributed by atoms with Gasteiger partial charge in [-0.2, -0.15) is 0 Å². The van der Waals surface area contributed by atoms with Gasteiger partial charge in [0.2, 0.25) is 0 Å². The zero-order chi connectivity index (χ0) is 13.1. The van der Waals surface area contributed by atoms with Crippen LogP contribution in [0.1, 0.15) is 18.5 Å². The largest absolute Gasteiger partial charge is 0.457 e. The molecule has 0 heterocycles. The smallest absolute Gasteiger partial charge is 0.133 e. The summed E-state index contributed by atoms with van der Waals surface area (Å²) < 4.78 is 31.4. The molecule has 0 aliphatic rings. The highest BCUT2D eigenvalue weighted by Crippen LogP contribution is 2.25. The zero-order valence-electron chi connectivity index (χ0n) is 9.86. The molecule has 0 aliphatic carbocycles.